The zero-order chi connectivity index (χ0) is 11.4. The highest BCUT2D eigenvalue weighted by Crippen LogP contribution is 2.21. The molecule has 1 aromatic carbocycles. The first-order valence-corrected chi connectivity index (χ1v) is 6.74. The Labute approximate surface area is 110 Å². The molecule has 0 saturated carbocycles. The van der Waals surface area contributed by atoms with E-state index in [0.717, 1.165) is 34.5 Å². The van der Waals surface area contributed by atoms with Gasteiger partial charge in [0.2, 0.25) is 0 Å². The molecule has 1 heterocycles. The largest absolute Gasteiger partial charge is 0.397 e. The molecule has 0 amide bonds. The molecule has 2 rings (SSSR count). The SMILES string of the molecule is Nc1cc(I)ccc1NCC1CCCCO1. The molecule has 1 aromatic rings. The minimum absolute atomic E-state index is 0.340. The second-order valence-electron chi connectivity index (χ2n) is 4.10. The van der Waals surface area contributed by atoms with Gasteiger partial charge in [-0.1, -0.05) is 0 Å². The quantitative estimate of drug-likeness (QED) is 0.661. The molecular formula is C12H17IN2O. The number of anilines is 2. The van der Waals surface area contributed by atoms with E-state index in [1.165, 1.54) is 12.8 Å². The van der Waals surface area contributed by atoms with Crippen LogP contribution in [0, 0.1) is 3.57 Å². The van der Waals surface area contributed by atoms with Gasteiger partial charge in [-0.2, -0.15) is 0 Å². The van der Waals surface area contributed by atoms with Crippen molar-refractivity contribution in [2.45, 2.75) is 25.4 Å². The number of ether oxygens (including phenoxy) is 1. The molecule has 1 saturated heterocycles. The van der Waals surface area contributed by atoms with E-state index in [1.54, 1.807) is 0 Å². The van der Waals surface area contributed by atoms with Crippen molar-refractivity contribution in [2.24, 2.45) is 0 Å². The lowest BCUT2D eigenvalue weighted by Crippen LogP contribution is -2.27. The van der Waals surface area contributed by atoms with E-state index in [4.69, 9.17) is 10.5 Å². The first kappa shape index (κ1) is 12.0. The van der Waals surface area contributed by atoms with Crippen LogP contribution in [-0.4, -0.2) is 19.3 Å². The summed E-state index contributed by atoms with van der Waals surface area (Å²) in [6.07, 6.45) is 3.96. The van der Waals surface area contributed by atoms with Crippen molar-refractivity contribution in [3.63, 3.8) is 0 Å². The van der Waals surface area contributed by atoms with E-state index in [2.05, 4.69) is 34.0 Å². The van der Waals surface area contributed by atoms with Crippen molar-refractivity contribution < 1.29 is 4.74 Å². The predicted molar refractivity (Wildman–Crippen MR) is 75.7 cm³/mol. The molecule has 3 N–H and O–H groups in total. The van der Waals surface area contributed by atoms with Gasteiger partial charge < -0.3 is 15.8 Å². The van der Waals surface area contributed by atoms with Crippen molar-refractivity contribution in [3.8, 4) is 0 Å². The number of benzene rings is 1. The second kappa shape index (κ2) is 5.72. The Balaban J connectivity index is 1.88. The van der Waals surface area contributed by atoms with E-state index in [1.807, 2.05) is 12.1 Å². The number of hydrogen-bond donors (Lipinski definition) is 2. The average molecular weight is 332 g/mol. The predicted octanol–water partition coefficient (Wildman–Crippen LogP) is 2.85. The lowest BCUT2D eigenvalue weighted by Gasteiger charge is -2.23. The fourth-order valence-electron chi connectivity index (χ4n) is 1.89. The molecule has 0 aliphatic carbocycles. The summed E-state index contributed by atoms with van der Waals surface area (Å²) >= 11 is 2.26. The van der Waals surface area contributed by atoms with Crippen molar-refractivity contribution in [3.05, 3.63) is 21.8 Å². The number of nitrogens with two attached hydrogens (primary N) is 1. The monoisotopic (exact) mass is 332 g/mol. The number of hydrogen-bond acceptors (Lipinski definition) is 3. The second-order valence-corrected chi connectivity index (χ2v) is 5.35. The third-order valence-corrected chi connectivity index (χ3v) is 3.48. The van der Waals surface area contributed by atoms with Crippen LogP contribution >= 0.6 is 22.6 Å². The number of nitrogen functional groups attached to an aromatic ring is 1. The minimum atomic E-state index is 0.340. The normalized spacial score (nSPS) is 20.7. The summed E-state index contributed by atoms with van der Waals surface area (Å²) in [5.74, 6) is 0. The third kappa shape index (κ3) is 3.25. The Morgan fingerprint density at radius 3 is 3.00 bits per heavy atom. The van der Waals surface area contributed by atoms with Crippen LogP contribution < -0.4 is 11.1 Å². The maximum atomic E-state index is 5.93. The molecule has 1 fully saturated rings. The maximum Gasteiger partial charge on any atom is 0.0747 e. The number of nitrogens with one attached hydrogen (secondary N) is 1. The topological polar surface area (TPSA) is 47.3 Å². The minimum Gasteiger partial charge on any atom is -0.397 e. The Morgan fingerprint density at radius 2 is 2.31 bits per heavy atom. The van der Waals surface area contributed by atoms with E-state index in [-0.39, 0.29) is 0 Å². The molecule has 0 spiro atoms. The van der Waals surface area contributed by atoms with Crippen LogP contribution in [0.3, 0.4) is 0 Å². The summed E-state index contributed by atoms with van der Waals surface area (Å²) in [5.41, 5.74) is 7.75. The summed E-state index contributed by atoms with van der Waals surface area (Å²) < 4.78 is 6.82. The van der Waals surface area contributed by atoms with Gasteiger partial charge in [0, 0.05) is 16.7 Å². The Hall–Kier alpha value is -0.490. The first-order valence-electron chi connectivity index (χ1n) is 5.66. The Bertz CT molecular complexity index is 351. The molecule has 4 heteroatoms. The van der Waals surface area contributed by atoms with Gasteiger partial charge in [-0.3, -0.25) is 0 Å². The van der Waals surface area contributed by atoms with Gasteiger partial charge >= 0.3 is 0 Å². The lowest BCUT2D eigenvalue weighted by atomic mass is 10.1. The Kier molecular flexibility index (Phi) is 4.29. The van der Waals surface area contributed by atoms with Gasteiger partial charge in [0.05, 0.1) is 17.5 Å². The number of halogens is 1. The molecule has 0 radical (unpaired) electrons. The highest BCUT2D eigenvalue weighted by atomic mass is 127. The molecule has 0 bridgehead atoms. The molecular weight excluding hydrogens is 315 g/mol. The van der Waals surface area contributed by atoms with Crippen LogP contribution in [0.15, 0.2) is 18.2 Å². The van der Waals surface area contributed by atoms with Gasteiger partial charge in [-0.25, -0.2) is 0 Å². The van der Waals surface area contributed by atoms with Crippen LogP contribution in [0.25, 0.3) is 0 Å². The van der Waals surface area contributed by atoms with Crippen molar-refractivity contribution in [1.29, 1.82) is 0 Å². The van der Waals surface area contributed by atoms with Crippen molar-refractivity contribution in [1.82, 2.24) is 0 Å². The summed E-state index contributed by atoms with van der Waals surface area (Å²) in [5, 5.41) is 3.36. The van der Waals surface area contributed by atoms with Crippen molar-refractivity contribution >= 4 is 34.0 Å². The maximum absolute atomic E-state index is 5.93. The molecule has 1 atom stereocenters. The molecule has 16 heavy (non-hydrogen) atoms. The van der Waals surface area contributed by atoms with E-state index in [0.29, 0.717) is 6.10 Å². The summed E-state index contributed by atoms with van der Waals surface area (Å²) in [7, 11) is 0. The van der Waals surface area contributed by atoms with Gasteiger partial charge in [0.1, 0.15) is 0 Å². The van der Waals surface area contributed by atoms with Crippen LogP contribution in [0.4, 0.5) is 11.4 Å². The zero-order valence-electron chi connectivity index (χ0n) is 9.21. The van der Waals surface area contributed by atoms with Crippen LogP contribution in [-0.2, 0) is 4.74 Å². The average Bonchev–Trinajstić information content (AvgIpc) is 2.29. The smallest absolute Gasteiger partial charge is 0.0747 e. The molecule has 1 aliphatic heterocycles. The molecule has 1 aliphatic rings. The summed E-state index contributed by atoms with van der Waals surface area (Å²) in [4.78, 5) is 0. The van der Waals surface area contributed by atoms with Crippen molar-refractivity contribution in [2.75, 3.05) is 24.2 Å². The van der Waals surface area contributed by atoms with Gasteiger partial charge in [0.15, 0.2) is 0 Å². The standard InChI is InChI=1S/C12H17IN2O/c13-9-4-5-12(11(14)7-9)15-8-10-3-1-2-6-16-10/h4-5,7,10,15H,1-3,6,8,14H2. The van der Waals surface area contributed by atoms with E-state index < -0.39 is 0 Å². The van der Waals surface area contributed by atoms with Gasteiger partial charge in [0.25, 0.3) is 0 Å². The fourth-order valence-corrected chi connectivity index (χ4v) is 2.40. The van der Waals surface area contributed by atoms with E-state index in [9.17, 15) is 0 Å². The van der Waals surface area contributed by atoms with E-state index >= 15 is 0 Å². The molecule has 1 unspecified atom stereocenters. The zero-order valence-corrected chi connectivity index (χ0v) is 11.4. The lowest BCUT2D eigenvalue weighted by molar-refractivity contribution is 0.0248. The van der Waals surface area contributed by atoms with Crippen LogP contribution in [0.1, 0.15) is 19.3 Å². The summed E-state index contributed by atoms with van der Waals surface area (Å²) in [6.45, 7) is 1.75. The van der Waals surface area contributed by atoms with Gasteiger partial charge in [-0.05, 0) is 60.1 Å². The highest BCUT2D eigenvalue weighted by molar-refractivity contribution is 14.1. The summed E-state index contributed by atoms with van der Waals surface area (Å²) in [6, 6.07) is 6.06. The number of rotatable bonds is 3. The van der Waals surface area contributed by atoms with Crippen LogP contribution in [0.5, 0.6) is 0 Å². The first-order chi connectivity index (χ1) is 7.75. The Morgan fingerprint density at radius 1 is 1.44 bits per heavy atom. The fraction of sp³-hybridized carbons (Fsp3) is 0.500. The highest BCUT2D eigenvalue weighted by Gasteiger charge is 2.13. The molecule has 3 nitrogen and oxygen atoms in total. The molecule has 88 valence electrons. The molecule has 0 aromatic heterocycles. The van der Waals surface area contributed by atoms with Gasteiger partial charge in [-0.15, -0.1) is 0 Å². The third-order valence-electron chi connectivity index (χ3n) is 2.81. The van der Waals surface area contributed by atoms with Crippen LogP contribution in [0.2, 0.25) is 0 Å².